The highest BCUT2D eigenvalue weighted by atomic mass is 16.3. The molecule has 1 N–H and O–H groups in total. The minimum atomic E-state index is -0.443. The maximum absolute atomic E-state index is 12.4. The number of rotatable bonds is 1. The molecule has 6 heteroatoms. The maximum atomic E-state index is 12.4. The Kier molecular flexibility index (Phi) is 3.14. The van der Waals surface area contributed by atoms with Crippen LogP contribution in [0.4, 0.5) is 0 Å². The number of carbonyl (C=O) groups is 1. The van der Waals surface area contributed by atoms with Gasteiger partial charge in [0.15, 0.2) is 11.4 Å². The van der Waals surface area contributed by atoms with Crippen LogP contribution in [0.5, 0.6) is 5.75 Å². The molecule has 0 unspecified atom stereocenters. The average molecular weight is 273 g/mol. The molecule has 2 aromatic heterocycles. The van der Waals surface area contributed by atoms with Crippen molar-refractivity contribution in [3.63, 3.8) is 0 Å². The van der Waals surface area contributed by atoms with Crippen LogP contribution in [-0.4, -0.2) is 38.4 Å². The molecule has 2 aromatic rings. The third-order valence-corrected chi connectivity index (χ3v) is 3.59. The fourth-order valence-electron chi connectivity index (χ4n) is 2.51. The topological polar surface area (TPSA) is 74.9 Å². The second-order valence-corrected chi connectivity index (χ2v) is 4.92. The lowest BCUT2D eigenvalue weighted by atomic mass is 10.1. The number of aromatic nitrogens is 2. The molecule has 1 saturated heterocycles. The number of hydrogen-bond acceptors (Lipinski definition) is 4. The minimum absolute atomic E-state index is 0.0509. The Balaban J connectivity index is 2.06. The Hall–Kier alpha value is -2.37. The van der Waals surface area contributed by atoms with Gasteiger partial charge < -0.3 is 10.0 Å². The molecule has 1 fully saturated rings. The fraction of sp³-hybridized carbons (Fsp3) is 0.357. The molecule has 20 heavy (non-hydrogen) atoms. The number of fused-ring (bicyclic) bond motifs is 1. The van der Waals surface area contributed by atoms with Gasteiger partial charge in [-0.2, -0.15) is 0 Å². The maximum Gasteiger partial charge on any atom is 0.270 e. The van der Waals surface area contributed by atoms with Crippen molar-refractivity contribution in [1.29, 1.82) is 0 Å². The quantitative estimate of drug-likeness (QED) is 0.842. The number of pyridine rings is 1. The van der Waals surface area contributed by atoms with E-state index in [2.05, 4.69) is 4.98 Å². The SMILES string of the molecule is O=C(c1cnc2c(O)cccn2c1=O)N1CCCCC1. The van der Waals surface area contributed by atoms with Crippen LogP contribution in [0.25, 0.3) is 5.65 Å². The Morgan fingerprint density at radius 3 is 2.75 bits per heavy atom. The highest BCUT2D eigenvalue weighted by Crippen LogP contribution is 2.15. The van der Waals surface area contributed by atoms with Gasteiger partial charge in [0.25, 0.3) is 11.5 Å². The van der Waals surface area contributed by atoms with E-state index < -0.39 is 5.56 Å². The molecule has 0 saturated carbocycles. The van der Waals surface area contributed by atoms with Gasteiger partial charge in [-0.1, -0.05) is 0 Å². The van der Waals surface area contributed by atoms with Crippen molar-refractivity contribution in [3.05, 3.63) is 40.4 Å². The van der Waals surface area contributed by atoms with Crippen molar-refractivity contribution in [1.82, 2.24) is 14.3 Å². The van der Waals surface area contributed by atoms with E-state index in [9.17, 15) is 14.7 Å². The summed E-state index contributed by atoms with van der Waals surface area (Å²) in [6.45, 7) is 1.36. The number of nitrogens with zero attached hydrogens (tertiary/aromatic N) is 3. The Labute approximate surface area is 115 Å². The van der Waals surface area contributed by atoms with Gasteiger partial charge in [0.1, 0.15) is 5.56 Å². The molecule has 0 spiro atoms. The Morgan fingerprint density at radius 2 is 2.00 bits per heavy atom. The predicted molar refractivity (Wildman–Crippen MR) is 72.9 cm³/mol. The molecule has 6 nitrogen and oxygen atoms in total. The third-order valence-electron chi connectivity index (χ3n) is 3.59. The smallest absolute Gasteiger partial charge is 0.270 e. The summed E-state index contributed by atoms with van der Waals surface area (Å²) in [6, 6.07) is 2.99. The van der Waals surface area contributed by atoms with E-state index in [0.717, 1.165) is 19.3 Å². The van der Waals surface area contributed by atoms with Gasteiger partial charge in [0.05, 0.1) is 0 Å². The normalized spacial score (nSPS) is 15.5. The molecule has 1 amide bonds. The molecule has 0 atom stereocenters. The largest absolute Gasteiger partial charge is 0.504 e. The average Bonchev–Trinajstić information content (AvgIpc) is 2.49. The van der Waals surface area contributed by atoms with Gasteiger partial charge in [-0.25, -0.2) is 4.98 Å². The molecule has 0 aromatic carbocycles. The molecule has 3 rings (SSSR count). The number of hydrogen-bond donors (Lipinski definition) is 1. The van der Waals surface area contributed by atoms with Crippen LogP contribution in [0.1, 0.15) is 29.6 Å². The molecular formula is C14H15N3O3. The van der Waals surface area contributed by atoms with Crippen LogP contribution < -0.4 is 5.56 Å². The van der Waals surface area contributed by atoms with E-state index in [1.165, 1.54) is 22.9 Å². The first-order valence-electron chi connectivity index (χ1n) is 6.67. The van der Waals surface area contributed by atoms with Gasteiger partial charge in [-0.15, -0.1) is 0 Å². The fourth-order valence-corrected chi connectivity index (χ4v) is 2.51. The van der Waals surface area contributed by atoms with Crippen molar-refractivity contribution >= 4 is 11.6 Å². The molecule has 3 heterocycles. The summed E-state index contributed by atoms with van der Waals surface area (Å²) in [6.07, 6.45) is 5.81. The van der Waals surface area contributed by atoms with Crippen LogP contribution in [0.2, 0.25) is 0 Å². The first-order valence-corrected chi connectivity index (χ1v) is 6.67. The van der Waals surface area contributed by atoms with Gasteiger partial charge in [0, 0.05) is 25.5 Å². The lowest BCUT2D eigenvalue weighted by molar-refractivity contribution is 0.0722. The lowest BCUT2D eigenvalue weighted by Crippen LogP contribution is -2.39. The van der Waals surface area contributed by atoms with Crippen LogP contribution in [0, 0.1) is 0 Å². The van der Waals surface area contributed by atoms with E-state index >= 15 is 0 Å². The van der Waals surface area contributed by atoms with Gasteiger partial charge >= 0.3 is 0 Å². The van der Waals surface area contributed by atoms with Crippen LogP contribution in [0.3, 0.4) is 0 Å². The summed E-state index contributed by atoms with van der Waals surface area (Å²) in [5.74, 6) is -0.360. The highest BCUT2D eigenvalue weighted by Gasteiger charge is 2.22. The third kappa shape index (κ3) is 2.03. The van der Waals surface area contributed by atoms with Gasteiger partial charge in [-0.05, 0) is 31.4 Å². The monoisotopic (exact) mass is 273 g/mol. The number of piperidine rings is 1. The van der Waals surface area contributed by atoms with Crippen molar-refractivity contribution in [2.75, 3.05) is 13.1 Å². The summed E-state index contributed by atoms with van der Waals surface area (Å²) in [7, 11) is 0. The first-order chi connectivity index (χ1) is 9.68. The molecular weight excluding hydrogens is 258 g/mol. The van der Waals surface area contributed by atoms with E-state index in [1.807, 2.05) is 0 Å². The van der Waals surface area contributed by atoms with Gasteiger partial charge in [0.2, 0.25) is 0 Å². The van der Waals surface area contributed by atoms with Crippen molar-refractivity contribution < 1.29 is 9.90 Å². The second kappa shape index (κ2) is 4.96. The van der Waals surface area contributed by atoms with Crippen molar-refractivity contribution in [2.45, 2.75) is 19.3 Å². The second-order valence-electron chi connectivity index (χ2n) is 4.92. The number of aromatic hydroxyl groups is 1. The molecule has 1 aliphatic heterocycles. The zero-order valence-electron chi connectivity index (χ0n) is 11.0. The summed E-state index contributed by atoms with van der Waals surface area (Å²) in [5.41, 5.74) is -0.232. The summed E-state index contributed by atoms with van der Waals surface area (Å²) < 4.78 is 1.20. The van der Waals surface area contributed by atoms with Crippen molar-refractivity contribution in [3.8, 4) is 5.75 Å². The van der Waals surface area contributed by atoms with E-state index in [1.54, 1.807) is 11.0 Å². The standard InChI is InChI=1S/C14H15N3O3/c18-11-5-4-8-17-12(11)15-9-10(14(17)20)13(19)16-6-2-1-3-7-16/h4-5,8-9,18H,1-3,6-7H2. The van der Waals surface area contributed by atoms with Crippen LogP contribution >= 0.6 is 0 Å². The molecule has 0 bridgehead atoms. The zero-order valence-corrected chi connectivity index (χ0v) is 11.0. The molecule has 0 aliphatic carbocycles. The summed E-state index contributed by atoms with van der Waals surface area (Å²) in [4.78, 5) is 30.4. The number of carbonyl (C=O) groups excluding carboxylic acids is 1. The van der Waals surface area contributed by atoms with E-state index in [0.29, 0.717) is 13.1 Å². The van der Waals surface area contributed by atoms with Gasteiger partial charge in [-0.3, -0.25) is 14.0 Å². The lowest BCUT2D eigenvalue weighted by Gasteiger charge is -2.26. The Bertz CT molecular complexity index is 717. The number of amides is 1. The van der Waals surface area contributed by atoms with Crippen LogP contribution in [0.15, 0.2) is 29.3 Å². The minimum Gasteiger partial charge on any atom is -0.504 e. The highest BCUT2D eigenvalue weighted by molar-refractivity contribution is 5.93. The summed E-state index contributed by atoms with van der Waals surface area (Å²) in [5, 5.41) is 9.66. The molecule has 104 valence electrons. The molecule has 0 radical (unpaired) electrons. The van der Waals surface area contributed by atoms with E-state index in [-0.39, 0.29) is 22.9 Å². The predicted octanol–water partition coefficient (Wildman–Crippen LogP) is 1.03. The van der Waals surface area contributed by atoms with Crippen molar-refractivity contribution in [2.24, 2.45) is 0 Å². The van der Waals surface area contributed by atoms with E-state index in [4.69, 9.17) is 0 Å². The summed E-state index contributed by atoms with van der Waals surface area (Å²) >= 11 is 0. The molecule has 1 aliphatic rings. The zero-order chi connectivity index (χ0) is 14.1. The van der Waals surface area contributed by atoms with Crippen LogP contribution in [-0.2, 0) is 0 Å². The first kappa shape index (κ1) is 12.7. The Morgan fingerprint density at radius 1 is 1.25 bits per heavy atom. The number of likely N-dealkylation sites (tertiary alicyclic amines) is 1.